The molecule has 3 atom stereocenters. The topological polar surface area (TPSA) is 49.3 Å². The minimum Gasteiger partial charge on any atom is -0.395 e. The van der Waals surface area contributed by atoms with Gasteiger partial charge >= 0.3 is 0 Å². The van der Waals surface area contributed by atoms with E-state index in [9.17, 15) is 4.79 Å². The molecule has 0 heterocycles. The number of carbonyl (C=O) groups is 1. The Kier molecular flexibility index (Phi) is 4.22. The molecule has 2 fully saturated rings. The summed E-state index contributed by atoms with van der Waals surface area (Å²) in [5.74, 6) is 2.08. The maximum atomic E-state index is 11.8. The summed E-state index contributed by atoms with van der Waals surface area (Å²) in [6.07, 6.45) is 8.83. The summed E-state index contributed by atoms with van der Waals surface area (Å²) in [5, 5.41) is 11.5. The maximum absolute atomic E-state index is 11.8. The first kappa shape index (κ1) is 11.9. The van der Waals surface area contributed by atoms with Gasteiger partial charge in [0.1, 0.15) is 0 Å². The molecule has 2 aliphatic carbocycles. The van der Waals surface area contributed by atoms with Gasteiger partial charge in [-0.25, -0.2) is 0 Å². The Hall–Kier alpha value is -0.570. The Bertz CT molecular complexity index is 242. The lowest BCUT2D eigenvalue weighted by molar-refractivity contribution is -0.127. The van der Waals surface area contributed by atoms with E-state index < -0.39 is 0 Å². The lowest BCUT2D eigenvalue weighted by Gasteiger charge is -2.38. The number of carbonyl (C=O) groups excluding carboxylic acids is 1. The van der Waals surface area contributed by atoms with Gasteiger partial charge in [0.15, 0.2) is 0 Å². The van der Waals surface area contributed by atoms with Crippen molar-refractivity contribution < 1.29 is 9.90 Å². The molecule has 2 aliphatic rings. The molecule has 0 spiro atoms. The summed E-state index contributed by atoms with van der Waals surface area (Å²) in [6, 6.07) is 0. The van der Waals surface area contributed by atoms with E-state index in [0.29, 0.717) is 6.54 Å². The monoisotopic (exact) mass is 225 g/mol. The van der Waals surface area contributed by atoms with Crippen LogP contribution in [0.5, 0.6) is 0 Å². The lowest BCUT2D eigenvalue weighted by Crippen LogP contribution is -2.38. The molecule has 0 saturated heterocycles. The summed E-state index contributed by atoms with van der Waals surface area (Å²) < 4.78 is 0. The van der Waals surface area contributed by atoms with Gasteiger partial charge in [0.25, 0.3) is 0 Å². The number of hydrogen-bond donors (Lipinski definition) is 2. The number of nitrogens with one attached hydrogen (secondary N) is 1. The van der Waals surface area contributed by atoms with Crippen molar-refractivity contribution in [3.8, 4) is 0 Å². The fourth-order valence-electron chi connectivity index (χ4n) is 3.43. The van der Waals surface area contributed by atoms with E-state index in [2.05, 4.69) is 5.32 Å². The first-order valence-electron chi connectivity index (χ1n) is 6.70. The molecular formula is C13H23NO2. The highest BCUT2D eigenvalue weighted by molar-refractivity contribution is 5.78. The van der Waals surface area contributed by atoms with E-state index in [4.69, 9.17) is 5.11 Å². The third-order valence-electron chi connectivity index (χ3n) is 4.32. The van der Waals surface area contributed by atoms with Gasteiger partial charge in [0, 0.05) is 12.5 Å². The van der Waals surface area contributed by atoms with Crippen LogP contribution in [0, 0.1) is 17.8 Å². The van der Waals surface area contributed by atoms with Crippen LogP contribution in [0.25, 0.3) is 0 Å². The highest BCUT2D eigenvalue weighted by Crippen LogP contribution is 2.42. The van der Waals surface area contributed by atoms with E-state index >= 15 is 0 Å². The summed E-state index contributed by atoms with van der Waals surface area (Å²) in [4.78, 5) is 11.8. The molecule has 3 heteroatoms. The third-order valence-corrected chi connectivity index (χ3v) is 4.32. The fraction of sp³-hybridized carbons (Fsp3) is 0.923. The predicted octanol–water partition coefficient (Wildman–Crippen LogP) is 1.70. The van der Waals surface area contributed by atoms with Crippen molar-refractivity contribution in [3.05, 3.63) is 0 Å². The Balaban J connectivity index is 1.82. The highest BCUT2D eigenvalue weighted by Gasteiger charge is 2.34. The van der Waals surface area contributed by atoms with E-state index in [0.717, 1.165) is 24.7 Å². The summed E-state index contributed by atoms with van der Waals surface area (Å²) >= 11 is 0. The molecule has 1 amide bonds. The molecular weight excluding hydrogens is 202 g/mol. The Labute approximate surface area is 97.6 Å². The average molecular weight is 225 g/mol. The van der Waals surface area contributed by atoms with Gasteiger partial charge in [-0.15, -0.1) is 0 Å². The fourth-order valence-corrected chi connectivity index (χ4v) is 3.43. The minimum absolute atomic E-state index is 0.0461. The number of aliphatic hydroxyl groups excluding tert-OH is 1. The van der Waals surface area contributed by atoms with Crippen LogP contribution >= 0.6 is 0 Å². The lowest BCUT2D eigenvalue weighted by atomic mass is 9.67. The van der Waals surface area contributed by atoms with Gasteiger partial charge in [-0.2, -0.15) is 0 Å². The largest absolute Gasteiger partial charge is 0.395 e. The first-order valence-corrected chi connectivity index (χ1v) is 6.70. The zero-order chi connectivity index (χ0) is 11.4. The normalized spacial score (nSPS) is 34.2. The van der Waals surface area contributed by atoms with Crippen LogP contribution in [0.4, 0.5) is 0 Å². The van der Waals surface area contributed by atoms with Gasteiger partial charge in [-0.05, 0) is 31.1 Å². The van der Waals surface area contributed by atoms with Crippen molar-refractivity contribution in [2.75, 3.05) is 13.2 Å². The van der Waals surface area contributed by atoms with Gasteiger partial charge in [-0.3, -0.25) is 4.79 Å². The van der Waals surface area contributed by atoms with E-state index in [-0.39, 0.29) is 18.4 Å². The number of amides is 1. The number of rotatable bonds is 3. The second kappa shape index (κ2) is 5.67. The van der Waals surface area contributed by atoms with Gasteiger partial charge in [-0.1, -0.05) is 25.7 Å². The molecule has 0 aromatic carbocycles. The molecule has 0 bridgehead atoms. The molecule has 0 aliphatic heterocycles. The average Bonchev–Trinajstić information content (AvgIpc) is 2.35. The van der Waals surface area contributed by atoms with Crippen LogP contribution in [0.2, 0.25) is 0 Å². The number of aliphatic hydroxyl groups is 1. The maximum Gasteiger partial charge on any atom is 0.223 e. The number of fused-ring (bicyclic) bond motifs is 1. The molecule has 3 unspecified atom stereocenters. The molecule has 0 radical (unpaired) electrons. The van der Waals surface area contributed by atoms with Gasteiger partial charge in [0.05, 0.1) is 6.61 Å². The first-order chi connectivity index (χ1) is 7.81. The van der Waals surface area contributed by atoms with Crippen LogP contribution in [-0.4, -0.2) is 24.2 Å². The quantitative estimate of drug-likeness (QED) is 0.768. The number of hydrogen-bond acceptors (Lipinski definition) is 2. The predicted molar refractivity (Wildman–Crippen MR) is 62.9 cm³/mol. The summed E-state index contributed by atoms with van der Waals surface area (Å²) in [6.45, 7) is 0.452. The Morgan fingerprint density at radius 3 is 2.62 bits per heavy atom. The Morgan fingerprint density at radius 1 is 1.12 bits per heavy atom. The van der Waals surface area contributed by atoms with Crippen molar-refractivity contribution >= 4 is 5.91 Å². The highest BCUT2D eigenvalue weighted by atomic mass is 16.3. The molecule has 2 saturated carbocycles. The van der Waals surface area contributed by atoms with E-state index in [1.807, 2.05) is 0 Å². The molecule has 92 valence electrons. The van der Waals surface area contributed by atoms with E-state index in [1.165, 1.54) is 32.1 Å². The summed E-state index contributed by atoms with van der Waals surface area (Å²) in [7, 11) is 0. The van der Waals surface area contributed by atoms with Gasteiger partial charge in [0.2, 0.25) is 5.91 Å². The third kappa shape index (κ3) is 2.76. The van der Waals surface area contributed by atoms with E-state index in [1.54, 1.807) is 0 Å². The van der Waals surface area contributed by atoms with Gasteiger partial charge < -0.3 is 10.4 Å². The summed E-state index contributed by atoms with van der Waals surface area (Å²) in [5.41, 5.74) is 0. The van der Waals surface area contributed by atoms with Crippen molar-refractivity contribution in [1.82, 2.24) is 5.32 Å². The SMILES string of the molecule is O=C(NCCO)C1CCC2CCCCC2C1. The van der Waals surface area contributed by atoms with Crippen LogP contribution in [0.3, 0.4) is 0 Å². The Morgan fingerprint density at radius 2 is 1.88 bits per heavy atom. The van der Waals surface area contributed by atoms with Crippen LogP contribution < -0.4 is 5.32 Å². The molecule has 3 nitrogen and oxygen atoms in total. The van der Waals surface area contributed by atoms with Crippen LogP contribution in [-0.2, 0) is 4.79 Å². The van der Waals surface area contributed by atoms with Crippen molar-refractivity contribution in [2.24, 2.45) is 17.8 Å². The van der Waals surface area contributed by atoms with Crippen LogP contribution in [0.15, 0.2) is 0 Å². The zero-order valence-electron chi connectivity index (χ0n) is 9.95. The molecule has 2 N–H and O–H groups in total. The molecule has 2 rings (SSSR count). The minimum atomic E-state index is 0.0461. The molecule has 0 aromatic rings. The zero-order valence-corrected chi connectivity index (χ0v) is 9.95. The second-order valence-electron chi connectivity index (χ2n) is 5.33. The smallest absolute Gasteiger partial charge is 0.223 e. The molecule has 16 heavy (non-hydrogen) atoms. The van der Waals surface area contributed by atoms with Crippen LogP contribution in [0.1, 0.15) is 44.9 Å². The molecule has 0 aromatic heterocycles. The second-order valence-corrected chi connectivity index (χ2v) is 5.33. The van der Waals surface area contributed by atoms with Crippen molar-refractivity contribution in [1.29, 1.82) is 0 Å². The standard InChI is InChI=1S/C13H23NO2/c15-8-7-14-13(16)12-6-5-10-3-1-2-4-11(10)9-12/h10-12,15H,1-9H2,(H,14,16). The van der Waals surface area contributed by atoms with Crippen molar-refractivity contribution in [2.45, 2.75) is 44.9 Å². The van der Waals surface area contributed by atoms with Crippen molar-refractivity contribution in [3.63, 3.8) is 0 Å².